The van der Waals surface area contributed by atoms with Crippen LogP contribution < -0.4 is 4.90 Å². The van der Waals surface area contributed by atoms with Gasteiger partial charge in [-0.2, -0.15) is 0 Å². The molecule has 0 N–H and O–H groups in total. The fraction of sp³-hybridized carbons (Fsp3) is 0. The number of hydrogen-bond donors (Lipinski definition) is 0. The Bertz CT molecular complexity index is 3420. The lowest BCUT2D eigenvalue weighted by molar-refractivity contribution is 0.669. The molecule has 0 bridgehead atoms. The highest BCUT2D eigenvalue weighted by atomic mass is 16.3. The Morgan fingerprint density at radius 1 is 0.245 bits per heavy atom. The summed E-state index contributed by atoms with van der Waals surface area (Å²) in [7, 11) is 0. The number of para-hydroxylation sites is 1. The van der Waals surface area contributed by atoms with Crippen LogP contribution in [0.3, 0.4) is 0 Å². The number of hydrogen-bond acceptors (Lipinski definition) is 3. The summed E-state index contributed by atoms with van der Waals surface area (Å²) in [6.45, 7) is 0. The second kappa shape index (κ2) is 10.7. The summed E-state index contributed by atoms with van der Waals surface area (Å²) in [4.78, 5) is 2.36. The minimum Gasteiger partial charge on any atom is -0.456 e. The average Bonchev–Trinajstić information content (AvgIpc) is 3.75. The second-order valence-electron chi connectivity index (χ2n) is 14.1. The Morgan fingerprint density at radius 3 is 1.40 bits per heavy atom. The smallest absolute Gasteiger partial charge is 0.137 e. The molecule has 0 saturated heterocycles. The van der Waals surface area contributed by atoms with Crippen LogP contribution in [-0.2, 0) is 0 Å². The number of rotatable bonds is 3. The minimum atomic E-state index is 0.861. The molecule has 0 aliphatic rings. The molecule has 0 aliphatic heterocycles. The molecule has 3 heteroatoms. The summed E-state index contributed by atoms with van der Waals surface area (Å²) in [5.41, 5.74) is 6.70. The van der Waals surface area contributed by atoms with Crippen LogP contribution in [0.1, 0.15) is 0 Å². The molecule has 2 aromatic heterocycles. The average molecular weight is 676 g/mol. The fourth-order valence-corrected chi connectivity index (χ4v) is 8.67. The monoisotopic (exact) mass is 675 g/mol. The van der Waals surface area contributed by atoms with Crippen molar-refractivity contribution in [2.24, 2.45) is 0 Å². The van der Waals surface area contributed by atoms with Gasteiger partial charge in [0.25, 0.3) is 0 Å². The van der Waals surface area contributed by atoms with E-state index in [4.69, 9.17) is 8.83 Å². The predicted octanol–water partition coefficient (Wildman–Crippen LogP) is 14.7. The van der Waals surface area contributed by atoms with Crippen molar-refractivity contribution >= 4 is 115 Å². The third-order valence-electron chi connectivity index (χ3n) is 11.1. The third-order valence-corrected chi connectivity index (χ3v) is 11.1. The van der Waals surface area contributed by atoms with Crippen LogP contribution in [0, 0.1) is 0 Å². The molecule has 246 valence electrons. The fourth-order valence-electron chi connectivity index (χ4n) is 8.67. The molecule has 0 unspecified atom stereocenters. The van der Waals surface area contributed by atoms with Crippen molar-refractivity contribution in [2.45, 2.75) is 0 Å². The Kier molecular flexibility index (Phi) is 5.77. The maximum Gasteiger partial charge on any atom is 0.137 e. The Hall–Kier alpha value is -7.10. The molecule has 10 aromatic carbocycles. The molecular formula is C50H29NO2. The summed E-state index contributed by atoms with van der Waals surface area (Å²) in [6, 6.07) is 63.3. The molecule has 0 spiro atoms. The third kappa shape index (κ3) is 4.22. The molecule has 0 fully saturated rings. The summed E-state index contributed by atoms with van der Waals surface area (Å²) >= 11 is 0. The first-order valence-corrected chi connectivity index (χ1v) is 18.1. The van der Waals surface area contributed by atoms with Crippen LogP contribution in [0.25, 0.3) is 97.7 Å². The minimum absolute atomic E-state index is 0.861. The van der Waals surface area contributed by atoms with Crippen molar-refractivity contribution in [3.05, 3.63) is 176 Å². The van der Waals surface area contributed by atoms with Gasteiger partial charge in [0.15, 0.2) is 0 Å². The van der Waals surface area contributed by atoms with Gasteiger partial charge in [-0.25, -0.2) is 0 Å². The van der Waals surface area contributed by atoms with Gasteiger partial charge in [0.2, 0.25) is 0 Å². The Labute approximate surface area is 303 Å². The van der Waals surface area contributed by atoms with Gasteiger partial charge in [-0.1, -0.05) is 103 Å². The van der Waals surface area contributed by atoms with Gasteiger partial charge < -0.3 is 13.7 Å². The quantitative estimate of drug-likeness (QED) is 0.175. The highest BCUT2D eigenvalue weighted by molar-refractivity contribution is 6.26. The van der Waals surface area contributed by atoms with Crippen molar-refractivity contribution in [3.8, 4) is 0 Å². The molecule has 0 radical (unpaired) electrons. The summed E-state index contributed by atoms with van der Waals surface area (Å²) < 4.78 is 12.9. The Balaban J connectivity index is 1.11. The highest BCUT2D eigenvalue weighted by Crippen LogP contribution is 2.44. The van der Waals surface area contributed by atoms with Crippen LogP contribution >= 0.6 is 0 Å². The van der Waals surface area contributed by atoms with Gasteiger partial charge in [0.1, 0.15) is 22.3 Å². The molecule has 0 atom stereocenters. The number of fused-ring (bicyclic) bond motifs is 14. The maximum absolute atomic E-state index is 6.61. The number of anilines is 3. The lowest BCUT2D eigenvalue weighted by atomic mass is 9.94. The van der Waals surface area contributed by atoms with E-state index in [2.05, 4.69) is 169 Å². The van der Waals surface area contributed by atoms with Gasteiger partial charge in [0.05, 0.1) is 0 Å². The van der Waals surface area contributed by atoms with Crippen LogP contribution in [-0.4, -0.2) is 0 Å². The largest absolute Gasteiger partial charge is 0.456 e. The van der Waals surface area contributed by atoms with Crippen molar-refractivity contribution in [1.82, 2.24) is 0 Å². The number of furan rings is 2. The predicted molar refractivity (Wildman–Crippen MR) is 223 cm³/mol. The van der Waals surface area contributed by atoms with E-state index in [1.807, 2.05) is 12.1 Å². The van der Waals surface area contributed by atoms with Crippen LogP contribution in [0.5, 0.6) is 0 Å². The topological polar surface area (TPSA) is 29.5 Å². The van der Waals surface area contributed by atoms with Crippen molar-refractivity contribution in [2.75, 3.05) is 4.90 Å². The van der Waals surface area contributed by atoms with Crippen molar-refractivity contribution in [3.63, 3.8) is 0 Å². The van der Waals surface area contributed by atoms with E-state index < -0.39 is 0 Å². The highest BCUT2D eigenvalue weighted by Gasteiger charge is 2.19. The molecule has 0 aliphatic carbocycles. The lowest BCUT2D eigenvalue weighted by Crippen LogP contribution is -2.10. The van der Waals surface area contributed by atoms with Gasteiger partial charge in [0, 0.05) is 44.7 Å². The maximum atomic E-state index is 6.61. The summed E-state index contributed by atoms with van der Waals surface area (Å²) in [5.74, 6) is 0. The molecule has 12 aromatic rings. The zero-order chi connectivity index (χ0) is 34.6. The van der Waals surface area contributed by atoms with Gasteiger partial charge in [-0.05, 0) is 121 Å². The van der Waals surface area contributed by atoms with Crippen molar-refractivity contribution < 1.29 is 8.83 Å². The van der Waals surface area contributed by atoms with Crippen LogP contribution in [0.4, 0.5) is 17.1 Å². The molecule has 53 heavy (non-hydrogen) atoms. The van der Waals surface area contributed by atoms with E-state index in [1.165, 1.54) is 48.5 Å². The van der Waals surface area contributed by atoms with E-state index in [9.17, 15) is 0 Å². The summed E-state index contributed by atoms with van der Waals surface area (Å²) in [5, 5.41) is 16.7. The zero-order valence-corrected chi connectivity index (χ0v) is 28.5. The first-order chi connectivity index (χ1) is 26.2. The molecule has 0 saturated carbocycles. The first kappa shape index (κ1) is 28.6. The van der Waals surface area contributed by atoms with Gasteiger partial charge in [-0.15, -0.1) is 0 Å². The Morgan fingerprint density at radius 2 is 0.679 bits per heavy atom. The van der Waals surface area contributed by atoms with Crippen molar-refractivity contribution in [1.29, 1.82) is 0 Å². The van der Waals surface area contributed by atoms with E-state index in [1.54, 1.807) is 0 Å². The molecule has 3 nitrogen and oxygen atoms in total. The van der Waals surface area contributed by atoms with E-state index in [0.717, 1.165) is 66.3 Å². The van der Waals surface area contributed by atoms with Crippen LogP contribution in [0.2, 0.25) is 0 Å². The molecule has 12 rings (SSSR count). The number of benzene rings is 10. The van der Waals surface area contributed by atoms with E-state index >= 15 is 0 Å². The van der Waals surface area contributed by atoms with Gasteiger partial charge in [-0.3, -0.25) is 0 Å². The lowest BCUT2D eigenvalue weighted by Gasteiger charge is -2.26. The number of nitrogens with zero attached hydrogens (tertiary/aromatic N) is 1. The molecular weight excluding hydrogens is 647 g/mol. The molecule has 0 amide bonds. The first-order valence-electron chi connectivity index (χ1n) is 18.1. The van der Waals surface area contributed by atoms with E-state index in [-0.39, 0.29) is 0 Å². The standard InChI is InChI=1S/C50H29NO2/c1-2-10-31-26-48-46(24-30(31)9-1)43-22-20-36(29-50(43)53-48)51(34-18-17-32-25-45-42-15-7-8-16-47(42)52-49(45)27-33(32)23-34)35-19-21-41-39-13-4-3-11-37(39)38-12-5-6-14-40(38)44(41)28-35/h1-29H. The van der Waals surface area contributed by atoms with Gasteiger partial charge >= 0.3 is 0 Å². The van der Waals surface area contributed by atoms with Crippen LogP contribution in [0.15, 0.2) is 185 Å². The SMILES string of the molecule is c1ccc2cc3c(cc2c1)oc1cc(N(c2ccc4cc5c(cc4c2)oc2ccccc25)c2ccc4c5ccccc5c5ccccc5c4c2)ccc13. The molecule has 2 heterocycles. The zero-order valence-electron chi connectivity index (χ0n) is 28.5. The normalized spacial score (nSPS) is 12.2. The second-order valence-corrected chi connectivity index (χ2v) is 14.1. The van der Waals surface area contributed by atoms with E-state index in [0.29, 0.717) is 0 Å². The summed E-state index contributed by atoms with van der Waals surface area (Å²) in [6.07, 6.45) is 0.